The summed E-state index contributed by atoms with van der Waals surface area (Å²) < 4.78 is 39.6. The van der Waals surface area contributed by atoms with Crippen molar-refractivity contribution in [3.05, 3.63) is 64.2 Å². The van der Waals surface area contributed by atoms with Gasteiger partial charge in [0.25, 0.3) is 0 Å². The third-order valence-corrected chi connectivity index (χ3v) is 7.27. The van der Waals surface area contributed by atoms with Crippen molar-refractivity contribution in [1.82, 2.24) is 19.7 Å². The minimum atomic E-state index is -4.29. The maximum absolute atomic E-state index is 13.3. The van der Waals surface area contributed by atoms with Crippen LogP contribution in [0.25, 0.3) is 22.4 Å². The van der Waals surface area contributed by atoms with Crippen LogP contribution in [-0.2, 0) is 28.0 Å². The van der Waals surface area contributed by atoms with Gasteiger partial charge in [0.15, 0.2) is 5.82 Å². The first kappa shape index (κ1) is 27.4. The number of nitrogens with zero attached hydrogens (tertiary/aromatic N) is 4. The fraction of sp³-hybridized carbons (Fsp3) is 0.296. The molecule has 208 valence electrons. The fourth-order valence-corrected chi connectivity index (χ4v) is 5.12. The van der Waals surface area contributed by atoms with Crippen LogP contribution < -0.4 is 11.1 Å². The minimum absolute atomic E-state index is 0.00591. The highest BCUT2D eigenvalue weighted by atomic mass is 35.5. The Morgan fingerprint density at radius 3 is 2.58 bits per heavy atom. The van der Waals surface area contributed by atoms with Gasteiger partial charge in [-0.2, -0.15) is 18.3 Å². The zero-order valence-corrected chi connectivity index (χ0v) is 22.0. The van der Waals surface area contributed by atoms with Crippen molar-refractivity contribution in [2.45, 2.75) is 50.7 Å². The molecule has 4 N–H and O–H groups in total. The number of carboxylic acid groups (broad SMARTS) is 1. The van der Waals surface area contributed by atoms with Gasteiger partial charge in [0.05, 0.1) is 11.1 Å². The maximum atomic E-state index is 13.3. The molecule has 0 radical (unpaired) electrons. The maximum Gasteiger partial charge on any atom is 0.389 e. The lowest BCUT2D eigenvalue weighted by atomic mass is 9.77. The van der Waals surface area contributed by atoms with E-state index in [4.69, 9.17) is 22.4 Å². The molecule has 1 aliphatic heterocycles. The summed E-state index contributed by atoms with van der Waals surface area (Å²) in [7, 11) is 0. The van der Waals surface area contributed by atoms with E-state index in [2.05, 4.69) is 20.4 Å². The van der Waals surface area contributed by atoms with Crippen molar-refractivity contribution in [1.29, 1.82) is 0 Å². The molecule has 1 aliphatic rings. The number of carbonyl (C=O) groups excluding carboxylic acids is 1. The van der Waals surface area contributed by atoms with Crippen LogP contribution in [0.2, 0.25) is 5.02 Å². The Morgan fingerprint density at radius 1 is 1.18 bits per heavy atom. The second-order valence-electron chi connectivity index (χ2n) is 9.78. The Labute approximate surface area is 231 Å². The van der Waals surface area contributed by atoms with Crippen molar-refractivity contribution in [3.63, 3.8) is 0 Å². The van der Waals surface area contributed by atoms with Crippen LogP contribution in [0, 0.1) is 0 Å². The van der Waals surface area contributed by atoms with Gasteiger partial charge >= 0.3 is 12.1 Å². The number of nitrogen functional groups attached to an aromatic ring is 1. The minimum Gasteiger partial charge on any atom is -0.481 e. The van der Waals surface area contributed by atoms with E-state index in [9.17, 15) is 22.8 Å². The summed E-state index contributed by atoms with van der Waals surface area (Å²) in [4.78, 5) is 33.2. The van der Waals surface area contributed by atoms with E-state index in [0.29, 0.717) is 39.2 Å². The number of nitrogens with two attached hydrogens (primary N) is 1. The zero-order chi connectivity index (χ0) is 28.8. The summed E-state index contributed by atoms with van der Waals surface area (Å²) >= 11 is 6.16. The highest BCUT2D eigenvalue weighted by Crippen LogP contribution is 2.45. The predicted octanol–water partition coefficient (Wildman–Crippen LogP) is 5.35. The van der Waals surface area contributed by atoms with Gasteiger partial charge in [-0.05, 0) is 49.1 Å². The van der Waals surface area contributed by atoms with Crippen LogP contribution in [0.3, 0.4) is 0 Å². The number of alkyl halides is 3. The molecule has 1 atom stereocenters. The number of anilines is 2. The third-order valence-electron chi connectivity index (χ3n) is 7.04. The first-order valence-electron chi connectivity index (χ1n) is 12.4. The first-order valence-corrected chi connectivity index (χ1v) is 12.8. The van der Waals surface area contributed by atoms with Crippen LogP contribution in [0.15, 0.2) is 42.5 Å². The van der Waals surface area contributed by atoms with E-state index in [1.165, 1.54) is 4.68 Å². The molecule has 0 saturated carbocycles. The lowest BCUT2D eigenvalue weighted by Gasteiger charge is -2.23. The van der Waals surface area contributed by atoms with E-state index in [0.717, 1.165) is 5.56 Å². The number of aryl methyl sites for hydroxylation is 2. The Hall–Kier alpha value is -4.19. The standard InChI is InChI=1S/C27H24ClF3N6O3/c1-26(15-6-3-14(4-7-15)5-10-19(38)39)20-22(32)33-24(34-23(20)35-25(26)40)21-17-9-8-16(28)13-18(17)37(36-21)12-2-11-27(29,30)31/h3-4,6-9,13H,2,5,10-12H2,1H3,(H,38,39)(H3,32,33,34,35,40). The Kier molecular flexibility index (Phi) is 6.90. The second-order valence-corrected chi connectivity index (χ2v) is 10.2. The molecular formula is C27H24ClF3N6O3. The second kappa shape index (κ2) is 10.1. The van der Waals surface area contributed by atoms with Crippen LogP contribution >= 0.6 is 11.6 Å². The Bertz CT molecular complexity index is 1640. The first-order chi connectivity index (χ1) is 18.9. The van der Waals surface area contributed by atoms with Gasteiger partial charge in [0.2, 0.25) is 5.91 Å². The van der Waals surface area contributed by atoms with Crippen LogP contribution in [0.1, 0.15) is 42.9 Å². The molecule has 0 spiro atoms. The van der Waals surface area contributed by atoms with Crippen molar-refractivity contribution in [3.8, 4) is 11.5 Å². The van der Waals surface area contributed by atoms with E-state index < -0.39 is 24.0 Å². The SMILES string of the molecule is CC1(c2ccc(CCC(=O)O)cc2)C(=O)Nc2nc(-c3nn(CCCC(F)(F)F)c4cc(Cl)ccc34)nc(N)c21. The van der Waals surface area contributed by atoms with Crippen molar-refractivity contribution in [2.24, 2.45) is 0 Å². The highest BCUT2D eigenvalue weighted by Gasteiger charge is 2.47. The van der Waals surface area contributed by atoms with Gasteiger partial charge in [-0.25, -0.2) is 9.97 Å². The molecule has 0 bridgehead atoms. The van der Waals surface area contributed by atoms with E-state index >= 15 is 0 Å². The Morgan fingerprint density at radius 2 is 1.90 bits per heavy atom. The van der Waals surface area contributed by atoms with Gasteiger partial charge in [0.1, 0.15) is 22.7 Å². The number of hydrogen-bond donors (Lipinski definition) is 3. The van der Waals surface area contributed by atoms with Crippen molar-refractivity contribution < 1.29 is 27.9 Å². The Balaban J connectivity index is 1.52. The van der Waals surface area contributed by atoms with Gasteiger partial charge in [0, 0.05) is 29.8 Å². The van der Waals surface area contributed by atoms with Crippen LogP contribution in [0.5, 0.6) is 0 Å². The van der Waals surface area contributed by atoms with E-state index in [-0.39, 0.29) is 42.8 Å². The van der Waals surface area contributed by atoms with Gasteiger partial charge in [-0.1, -0.05) is 35.9 Å². The number of rotatable bonds is 8. The number of hydrogen-bond acceptors (Lipinski definition) is 6. The lowest BCUT2D eigenvalue weighted by Crippen LogP contribution is -2.33. The molecule has 4 aromatic rings. The van der Waals surface area contributed by atoms with E-state index in [1.807, 2.05) is 0 Å². The van der Waals surface area contributed by atoms with Crippen molar-refractivity contribution >= 4 is 46.0 Å². The summed E-state index contributed by atoms with van der Waals surface area (Å²) in [6, 6.07) is 12.0. The number of nitrogens with one attached hydrogen (secondary N) is 1. The predicted molar refractivity (Wildman–Crippen MR) is 143 cm³/mol. The number of benzene rings is 2. The van der Waals surface area contributed by atoms with Gasteiger partial charge in [-0.3, -0.25) is 14.3 Å². The molecular weight excluding hydrogens is 549 g/mol. The third kappa shape index (κ3) is 5.06. The van der Waals surface area contributed by atoms with Gasteiger partial charge in [-0.15, -0.1) is 0 Å². The molecule has 0 saturated heterocycles. The average molecular weight is 573 g/mol. The van der Waals surface area contributed by atoms with E-state index in [1.54, 1.807) is 49.4 Å². The molecule has 3 heterocycles. The molecule has 1 unspecified atom stereocenters. The summed E-state index contributed by atoms with van der Waals surface area (Å²) in [5, 5.41) is 17.2. The molecule has 9 nitrogen and oxygen atoms in total. The molecule has 2 aromatic heterocycles. The quantitative estimate of drug-likeness (QED) is 0.259. The normalized spacial score (nSPS) is 16.8. The van der Waals surface area contributed by atoms with Gasteiger partial charge < -0.3 is 16.2 Å². The fourth-order valence-electron chi connectivity index (χ4n) is 4.96. The molecule has 0 aliphatic carbocycles. The summed E-state index contributed by atoms with van der Waals surface area (Å²) in [6.45, 7) is 1.70. The number of carbonyl (C=O) groups is 2. The number of aliphatic carboxylic acids is 1. The smallest absolute Gasteiger partial charge is 0.389 e. The number of fused-ring (bicyclic) bond motifs is 2. The molecule has 1 amide bonds. The number of aromatic nitrogens is 4. The number of amides is 1. The largest absolute Gasteiger partial charge is 0.481 e. The number of carboxylic acids is 1. The summed E-state index contributed by atoms with van der Waals surface area (Å²) in [6.07, 6.45) is -5.08. The molecule has 40 heavy (non-hydrogen) atoms. The van der Waals surface area contributed by atoms with Crippen LogP contribution in [-0.4, -0.2) is 42.9 Å². The summed E-state index contributed by atoms with van der Waals surface area (Å²) in [5.41, 5.74) is 7.83. The number of halogens is 4. The summed E-state index contributed by atoms with van der Waals surface area (Å²) in [5.74, 6) is -0.911. The molecule has 0 fully saturated rings. The zero-order valence-electron chi connectivity index (χ0n) is 21.2. The average Bonchev–Trinajstić information content (AvgIpc) is 3.36. The monoisotopic (exact) mass is 572 g/mol. The topological polar surface area (TPSA) is 136 Å². The van der Waals surface area contributed by atoms with Crippen LogP contribution in [0.4, 0.5) is 24.8 Å². The molecule has 5 rings (SSSR count). The van der Waals surface area contributed by atoms with Crippen molar-refractivity contribution in [2.75, 3.05) is 11.1 Å². The lowest BCUT2D eigenvalue weighted by molar-refractivity contribution is -0.137. The molecule has 2 aromatic carbocycles. The highest BCUT2D eigenvalue weighted by molar-refractivity contribution is 6.31. The molecule has 13 heteroatoms.